The van der Waals surface area contributed by atoms with Gasteiger partial charge in [-0.2, -0.15) is 0 Å². The number of cyclic esters (lactones) is 1. The lowest BCUT2D eigenvalue weighted by atomic mass is 9.84. The first-order chi connectivity index (χ1) is 12.5. The van der Waals surface area contributed by atoms with Gasteiger partial charge >= 0.3 is 5.97 Å². The number of hydrogen-bond donors (Lipinski definition) is 0. The van der Waals surface area contributed by atoms with Gasteiger partial charge in [0.2, 0.25) is 5.91 Å². The van der Waals surface area contributed by atoms with Crippen LogP contribution in [0.25, 0.3) is 0 Å². The number of nitrogens with zero attached hydrogens (tertiary/aromatic N) is 1. The lowest BCUT2D eigenvalue weighted by Gasteiger charge is -2.32. The Morgan fingerprint density at radius 2 is 1.65 bits per heavy atom. The van der Waals surface area contributed by atoms with Gasteiger partial charge in [0.15, 0.2) is 0 Å². The van der Waals surface area contributed by atoms with Gasteiger partial charge in [-0.25, -0.2) is 4.79 Å². The normalized spacial score (nSPS) is 19.7. The van der Waals surface area contributed by atoms with Gasteiger partial charge in [0.05, 0.1) is 11.3 Å². The second-order valence-corrected chi connectivity index (χ2v) is 7.34. The van der Waals surface area contributed by atoms with Crippen LogP contribution < -0.4 is 4.90 Å². The number of hydrogen-bond acceptors (Lipinski definition) is 3. The Hall–Kier alpha value is -2.01. The third-order valence-corrected chi connectivity index (χ3v) is 5.35. The summed E-state index contributed by atoms with van der Waals surface area (Å²) in [7, 11) is 0. The fourth-order valence-corrected chi connectivity index (χ4v) is 4.06. The molecule has 0 aromatic heterocycles. The van der Waals surface area contributed by atoms with E-state index in [1.165, 1.54) is 4.90 Å². The van der Waals surface area contributed by atoms with Crippen molar-refractivity contribution in [3.05, 3.63) is 74.4 Å². The van der Waals surface area contributed by atoms with Gasteiger partial charge in [-0.3, -0.25) is 9.69 Å². The van der Waals surface area contributed by atoms with Gasteiger partial charge in [0.1, 0.15) is 6.61 Å². The van der Waals surface area contributed by atoms with E-state index in [2.05, 4.69) is 0 Å². The molecular weight excluding hydrogens is 397 g/mol. The average molecular weight is 409 g/mol. The highest BCUT2D eigenvalue weighted by atomic mass is 35.5. The van der Waals surface area contributed by atoms with Crippen LogP contribution in [0.1, 0.15) is 17.9 Å². The highest BCUT2D eigenvalue weighted by Gasteiger charge is 2.43. The fraction of sp³-hybridized carbons (Fsp3) is 0.158. The molecule has 1 unspecified atom stereocenters. The Balaban J connectivity index is 1.84. The summed E-state index contributed by atoms with van der Waals surface area (Å²) in [4.78, 5) is 26.8. The molecule has 0 fully saturated rings. The van der Waals surface area contributed by atoms with Crippen molar-refractivity contribution in [2.75, 3.05) is 11.5 Å². The minimum atomic E-state index is -0.458. The predicted molar refractivity (Wildman–Crippen MR) is 101 cm³/mol. The standard InChI is InChI=1S/C19H12Cl3NO3/c20-10-1-4-12(5-2-10)23-16-9-26-19(25)18(16)14(8-17(23)24)13-6-3-11(21)7-15(13)22/h1-7,14H,8-9H2. The summed E-state index contributed by atoms with van der Waals surface area (Å²) in [6, 6.07) is 11.9. The zero-order valence-corrected chi connectivity index (χ0v) is 15.6. The second kappa shape index (κ2) is 6.62. The van der Waals surface area contributed by atoms with Gasteiger partial charge in [-0.05, 0) is 42.0 Å². The van der Waals surface area contributed by atoms with Crippen LogP contribution in [-0.4, -0.2) is 18.5 Å². The van der Waals surface area contributed by atoms with Crippen LogP contribution in [-0.2, 0) is 14.3 Å². The quantitative estimate of drug-likeness (QED) is 0.659. The van der Waals surface area contributed by atoms with Crippen molar-refractivity contribution in [2.24, 2.45) is 0 Å². The summed E-state index contributed by atoms with van der Waals surface area (Å²) in [5.41, 5.74) is 2.34. The van der Waals surface area contributed by atoms with E-state index >= 15 is 0 Å². The first-order valence-electron chi connectivity index (χ1n) is 7.89. The molecule has 7 heteroatoms. The summed E-state index contributed by atoms with van der Waals surface area (Å²) in [6.45, 7) is 0.0459. The molecule has 2 aliphatic heterocycles. The van der Waals surface area contributed by atoms with Crippen molar-refractivity contribution in [1.29, 1.82) is 0 Å². The van der Waals surface area contributed by atoms with Crippen molar-refractivity contribution in [1.82, 2.24) is 0 Å². The molecule has 0 saturated heterocycles. The zero-order chi connectivity index (χ0) is 18.4. The Morgan fingerprint density at radius 3 is 2.35 bits per heavy atom. The number of rotatable bonds is 2. The molecule has 2 aromatic rings. The predicted octanol–water partition coefficient (Wildman–Crippen LogP) is 4.98. The molecule has 4 nitrogen and oxygen atoms in total. The molecule has 0 saturated carbocycles. The van der Waals surface area contributed by atoms with Crippen molar-refractivity contribution in [3.8, 4) is 0 Å². The van der Waals surface area contributed by atoms with Crippen LogP contribution in [0.4, 0.5) is 5.69 Å². The maximum Gasteiger partial charge on any atom is 0.336 e. The largest absolute Gasteiger partial charge is 0.456 e. The third kappa shape index (κ3) is 2.88. The third-order valence-electron chi connectivity index (χ3n) is 4.54. The molecule has 0 bridgehead atoms. The summed E-state index contributed by atoms with van der Waals surface area (Å²) < 4.78 is 5.24. The van der Waals surface area contributed by atoms with Gasteiger partial charge in [-0.1, -0.05) is 40.9 Å². The van der Waals surface area contributed by atoms with E-state index in [-0.39, 0.29) is 18.9 Å². The van der Waals surface area contributed by atoms with Crippen molar-refractivity contribution in [2.45, 2.75) is 12.3 Å². The first kappa shape index (κ1) is 17.4. The number of benzene rings is 2. The van der Waals surface area contributed by atoms with Crippen LogP contribution in [0.15, 0.2) is 53.7 Å². The average Bonchev–Trinajstić information content (AvgIpc) is 2.97. The Morgan fingerprint density at radius 1 is 0.962 bits per heavy atom. The molecule has 0 aliphatic carbocycles. The molecule has 2 aromatic carbocycles. The van der Waals surface area contributed by atoms with E-state index in [9.17, 15) is 9.59 Å². The topological polar surface area (TPSA) is 46.6 Å². The second-order valence-electron chi connectivity index (χ2n) is 6.06. The number of ether oxygens (including phenoxy) is 1. The van der Waals surface area contributed by atoms with Gasteiger partial charge in [0, 0.05) is 33.1 Å². The molecule has 132 valence electrons. The lowest BCUT2D eigenvalue weighted by Crippen LogP contribution is -2.37. The summed E-state index contributed by atoms with van der Waals surface area (Å²) in [5, 5.41) is 1.48. The van der Waals surface area contributed by atoms with Gasteiger partial charge in [0.25, 0.3) is 0 Å². The van der Waals surface area contributed by atoms with Gasteiger partial charge < -0.3 is 4.74 Å². The highest BCUT2D eigenvalue weighted by molar-refractivity contribution is 6.35. The van der Waals surface area contributed by atoms with E-state index in [4.69, 9.17) is 39.5 Å². The van der Waals surface area contributed by atoms with E-state index in [0.29, 0.717) is 37.6 Å². The molecule has 2 aliphatic rings. The molecule has 0 N–H and O–H groups in total. The number of anilines is 1. The summed E-state index contributed by atoms with van der Waals surface area (Å²) in [5.74, 6) is -1.02. The lowest BCUT2D eigenvalue weighted by molar-refractivity contribution is -0.136. The Labute approximate surface area is 164 Å². The van der Waals surface area contributed by atoms with E-state index < -0.39 is 11.9 Å². The first-order valence-corrected chi connectivity index (χ1v) is 9.02. The Kier molecular flexibility index (Phi) is 4.43. The molecule has 2 heterocycles. The molecule has 4 rings (SSSR count). The van der Waals surface area contributed by atoms with E-state index in [0.717, 1.165) is 0 Å². The van der Waals surface area contributed by atoms with Crippen molar-refractivity contribution < 1.29 is 14.3 Å². The number of carbonyl (C=O) groups excluding carboxylic acids is 2. The number of carbonyl (C=O) groups is 2. The fourth-order valence-electron chi connectivity index (χ4n) is 3.39. The molecule has 26 heavy (non-hydrogen) atoms. The maximum absolute atomic E-state index is 12.9. The number of esters is 1. The van der Waals surface area contributed by atoms with Crippen molar-refractivity contribution in [3.63, 3.8) is 0 Å². The van der Waals surface area contributed by atoms with Crippen LogP contribution in [0.2, 0.25) is 15.1 Å². The monoisotopic (exact) mass is 407 g/mol. The summed E-state index contributed by atoms with van der Waals surface area (Å²) >= 11 is 18.2. The summed E-state index contributed by atoms with van der Waals surface area (Å²) in [6.07, 6.45) is 0.109. The van der Waals surface area contributed by atoms with Crippen LogP contribution in [0.5, 0.6) is 0 Å². The zero-order valence-electron chi connectivity index (χ0n) is 13.3. The van der Waals surface area contributed by atoms with Crippen molar-refractivity contribution >= 4 is 52.4 Å². The van der Waals surface area contributed by atoms with Crippen LogP contribution in [0.3, 0.4) is 0 Å². The number of amides is 1. The Bertz CT molecular complexity index is 953. The van der Waals surface area contributed by atoms with Crippen LogP contribution >= 0.6 is 34.8 Å². The molecule has 0 radical (unpaired) electrons. The smallest absolute Gasteiger partial charge is 0.336 e. The van der Waals surface area contributed by atoms with Crippen LogP contribution in [0, 0.1) is 0 Å². The minimum Gasteiger partial charge on any atom is -0.456 e. The maximum atomic E-state index is 12.9. The molecular formula is C19H12Cl3NO3. The highest BCUT2D eigenvalue weighted by Crippen LogP contribution is 2.44. The molecule has 1 atom stereocenters. The van der Waals surface area contributed by atoms with Gasteiger partial charge in [-0.15, -0.1) is 0 Å². The number of halogens is 3. The van der Waals surface area contributed by atoms with E-state index in [1.807, 2.05) is 0 Å². The molecule has 0 spiro atoms. The van der Waals surface area contributed by atoms with E-state index in [1.54, 1.807) is 42.5 Å². The molecule has 1 amide bonds. The minimum absolute atomic E-state index is 0.0459. The SMILES string of the molecule is O=C1OCC2=C1C(c1ccc(Cl)cc1Cl)CC(=O)N2c1ccc(Cl)cc1.